The highest BCUT2D eigenvalue weighted by Gasteiger charge is 2.34. The number of rotatable bonds is 4. The molecule has 1 saturated heterocycles. The van der Waals surface area contributed by atoms with Gasteiger partial charge in [0, 0.05) is 16.4 Å². The fourth-order valence-electron chi connectivity index (χ4n) is 4.17. The molecule has 148 valence electrons. The van der Waals surface area contributed by atoms with E-state index < -0.39 is 8.24 Å². The van der Waals surface area contributed by atoms with Crippen LogP contribution in [0.25, 0.3) is 21.9 Å². The van der Waals surface area contributed by atoms with Crippen LogP contribution >= 0.6 is 16.2 Å². The van der Waals surface area contributed by atoms with Crippen molar-refractivity contribution >= 4 is 38.1 Å². The molecule has 0 N–H and O–H groups in total. The summed E-state index contributed by atoms with van der Waals surface area (Å²) < 4.78 is 18.7. The molecule has 2 heterocycles. The Balaban J connectivity index is 1.48. The fraction of sp³-hybridized carbons (Fsp3) is 0.250. The van der Waals surface area contributed by atoms with E-state index in [1.54, 1.807) is 0 Å². The average molecular weight is 422 g/mol. The maximum Gasteiger partial charge on any atom is 0.387 e. The van der Waals surface area contributed by atoms with Gasteiger partial charge in [-0.3, -0.25) is 4.52 Å². The third-order valence-corrected chi connectivity index (χ3v) is 10.1. The maximum atomic E-state index is 6.33. The zero-order valence-electron chi connectivity index (χ0n) is 16.4. The predicted molar refractivity (Wildman–Crippen MR) is 123 cm³/mol. The molecule has 5 heteroatoms. The van der Waals surface area contributed by atoms with Crippen LogP contribution in [0.2, 0.25) is 0 Å². The Labute approximate surface area is 173 Å². The van der Waals surface area contributed by atoms with Crippen molar-refractivity contribution in [3.05, 3.63) is 84.4 Å². The quantitative estimate of drug-likeness (QED) is 0.312. The van der Waals surface area contributed by atoms with Crippen LogP contribution in [0, 0.1) is 0 Å². The Hall–Kier alpha value is -2.05. The van der Waals surface area contributed by atoms with Crippen LogP contribution in [0.15, 0.2) is 87.3 Å². The molecule has 0 aliphatic carbocycles. The molecule has 1 aromatic heterocycles. The SMILES string of the molecule is CC1CCC(c2ccccc2)P1COp1oc2ccccc2c2ccccc2o1. The van der Waals surface area contributed by atoms with Gasteiger partial charge < -0.3 is 8.39 Å². The first-order valence-corrected chi connectivity index (χ1v) is 12.8. The standard InChI is InChI=1S/C24H24O3P2/c1-18-15-16-24(19-9-3-2-4-10-19)28(18)17-25-29-26-22-13-7-5-11-20(22)21-12-6-8-14-23(21)27-29/h2-14,18,24H,15-17H2,1H3. The van der Waals surface area contributed by atoms with Crippen molar-refractivity contribution in [1.82, 2.24) is 0 Å². The molecule has 0 spiro atoms. The number of benzene rings is 3. The van der Waals surface area contributed by atoms with Gasteiger partial charge in [-0.1, -0.05) is 81.6 Å². The smallest absolute Gasteiger partial charge is 0.387 e. The summed E-state index contributed by atoms with van der Waals surface area (Å²) in [5.74, 6) is 0. The summed E-state index contributed by atoms with van der Waals surface area (Å²) in [6, 6.07) is 27.1. The number of para-hydroxylation sites is 2. The van der Waals surface area contributed by atoms with Crippen LogP contribution in [0.3, 0.4) is 0 Å². The minimum absolute atomic E-state index is 0.280. The molecule has 3 unspecified atom stereocenters. The average Bonchev–Trinajstić information content (AvgIpc) is 3.05. The Bertz CT molecular complexity index is 1100. The zero-order valence-corrected chi connectivity index (χ0v) is 18.2. The summed E-state index contributed by atoms with van der Waals surface area (Å²) in [4.78, 5) is 0. The summed E-state index contributed by atoms with van der Waals surface area (Å²) >= 11 is 0. The van der Waals surface area contributed by atoms with E-state index in [1.165, 1.54) is 18.4 Å². The first-order chi connectivity index (χ1) is 14.3. The van der Waals surface area contributed by atoms with E-state index in [-0.39, 0.29) is 7.92 Å². The van der Waals surface area contributed by atoms with E-state index in [0.29, 0.717) is 17.7 Å². The van der Waals surface area contributed by atoms with E-state index in [4.69, 9.17) is 12.9 Å². The molecular formula is C24H24O3P2. The van der Waals surface area contributed by atoms with Crippen LogP contribution in [-0.4, -0.2) is 12.0 Å². The van der Waals surface area contributed by atoms with Gasteiger partial charge in [-0.25, -0.2) is 0 Å². The second-order valence-corrected chi connectivity index (χ2v) is 11.4. The van der Waals surface area contributed by atoms with E-state index in [1.807, 2.05) is 36.4 Å². The molecule has 3 nitrogen and oxygen atoms in total. The largest absolute Gasteiger partial charge is 0.399 e. The van der Waals surface area contributed by atoms with Gasteiger partial charge in [0.05, 0.1) is 6.35 Å². The molecule has 5 rings (SSSR count). The first-order valence-electron chi connectivity index (χ1n) is 10.1. The molecule has 0 amide bonds. The predicted octanol–water partition coefficient (Wildman–Crippen LogP) is 8.08. The normalized spacial score (nSPS) is 21.6. The molecule has 3 aromatic carbocycles. The highest BCUT2D eigenvalue weighted by molar-refractivity contribution is 7.59. The molecule has 0 radical (unpaired) electrons. The number of hydrogen-bond acceptors (Lipinski definition) is 3. The van der Waals surface area contributed by atoms with Crippen LogP contribution in [0.5, 0.6) is 0 Å². The Morgan fingerprint density at radius 1 is 0.793 bits per heavy atom. The fourth-order valence-corrected chi connectivity index (χ4v) is 8.43. The van der Waals surface area contributed by atoms with Gasteiger partial charge in [-0.05, 0) is 36.2 Å². The zero-order chi connectivity index (χ0) is 19.6. The van der Waals surface area contributed by atoms with Crippen molar-refractivity contribution in [3.63, 3.8) is 0 Å². The van der Waals surface area contributed by atoms with Gasteiger partial charge in [-0.15, -0.1) is 0 Å². The van der Waals surface area contributed by atoms with Crippen molar-refractivity contribution in [2.45, 2.75) is 31.1 Å². The van der Waals surface area contributed by atoms with Crippen molar-refractivity contribution in [3.8, 4) is 0 Å². The van der Waals surface area contributed by atoms with Gasteiger partial charge in [-0.2, -0.15) is 0 Å². The Morgan fingerprint density at radius 3 is 2.03 bits per heavy atom. The van der Waals surface area contributed by atoms with Crippen LogP contribution in [-0.2, 0) is 0 Å². The number of fused-ring (bicyclic) bond motifs is 3. The Kier molecular flexibility index (Phi) is 5.46. The van der Waals surface area contributed by atoms with Gasteiger partial charge in [0.1, 0.15) is 11.2 Å². The molecule has 0 saturated carbocycles. The second-order valence-electron chi connectivity index (χ2n) is 7.52. The van der Waals surface area contributed by atoms with Crippen molar-refractivity contribution < 1.29 is 12.9 Å². The molecule has 1 aliphatic heterocycles. The van der Waals surface area contributed by atoms with E-state index in [0.717, 1.165) is 21.9 Å². The Morgan fingerprint density at radius 2 is 1.38 bits per heavy atom. The molecule has 29 heavy (non-hydrogen) atoms. The summed E-state index contributed by atoms with van der Waals surface area (Å²) in [6.07, 6.45) is 3.22. The third kappa shape index (κ3) is 3.88. The summed E-state index contributed by atoms with van der Waals surface area (Å²) in [5, 5.41) is 2.11. The minimum atomic E-state index is -1.48. The van der Waals surface area contributed by atoms with E-state index in [9.17, 15) is 0 Å². The summed E-state index contributed by atoms with van der Waals surface area (Å²) in [6.45, 7) is 2.37. The summed E-state index contributed by atoms with van der Waals surface area (Å²) in [5.41, 5.74) is 4.39. The maximum absolute atomic E-state index is 6.33. The van der Waals surface area contributed by atoms with Crippen LogP contribution in [0.1, 0.15) is 31.0 Å². The van der Waals surface area contributed by atoms with Crippen molar-refractivity contribution in [2.24, 2.45) is 0 Å². The highest BCUT2D eigenvalue weighted by atomic mass is 31.1. The van der Waals surface area contributed by atoms with Crippen molar-refractivity contribution in [1.29, 1.82) is 0 Å². The van der Waals surface area contributed by atoms with E-state index >= 15 is 0 Å². The van der Waals surface area contributed by atoms with Gasteiger partial charge in [0.2, 0.25) is 0 Å². The lowest BCUT2D eigenvalue weighted by molar-refractivity contribution is 0.433. The third-order valence-electron chi connectivity index (χ3n) is 5.73. The highest BCUT2D eigenvalue weighted by Crippen LogP contribution is 2.63. The van der Waals surface area contributed by atoms with Gasteiger partial charge in [0.25, 0.3) is 0 Å². The molecule has 3 atom stereocenters. The molecule has 1 fully saturated rings. The lowest BCUT2D eigenvalue weighted by Crippen LogP contribution is -2.03. The lowest BCUT2D eigenvalue weighted by atomic mass is 10.1. The second kappa shape index (κ2) is 8.36. The number of hydrogen-bond donors (Lipinski definition) is 0. The molecule has 0 bridgehead atoms. The van der Waals surface area contributed by atoms with Crippen molar-refractivity contribution in [2.75, 3.05) is 6.35 Å². The monoisotopic (exact) mass is 422 g/mol. The lowest BCUT2D eigenvalue weighted by Gasteiger charge is -2.23. The summed E-state index contributed by atoms with van der Waals surface area (Å²) in [7, 11) is -1.76. The molecular weight excluding hydrogens is 398 g/mol. The van der Waals surface area contributed by atoms with Gasteiger partial charge in [0.15, 0.2) is 0 Å². The minimum Gasteiger partial charge on any atom is -0.399 e. The van der Waals surface area contributed by atoms with E-state index in [2.05, 4.69) is 49.4 Å². The van der Waals surface area contributed by atoms with Crippen LogP contribution in [0.4, 0.5) is 0 Å². The van der Waals surface area contributed by atoms with Crippen LogP contribution < -0.4 is 4.52 Å². The van der Waals surface area contributed by atoms with Gasteiger partial charge >= 0.3 is 8.24 Å². The topological polar surface area (TPSA) is 35.5 Å². The molecule has 4 aromatic rings. The molecule has 1 aliphatic rings. The first kappa shape index (κ1) is 18.9.